The highest BCUT2D eigenvalue weighted by atomic mass is 16.3. The molecule has 1 nitrogen and oxygen atoms in total. The molecule has 0 aromatic heterocycles. The fourth-order valence-electron chi connectivity index (χ4n) is 2.53. The number of unbranched alkanes of at least 4 members (excludes halogenated alkanes) is 1. The molecule has 1 heteroatoms. The quantitative estimate of drug-likeness (QED) is 0.710. The van der Waals surface area contributed by atoms with E-state index < -0.39 is 0 Å². The largest absolute Gasteiger partial charge is 0.393 e. The Hall–Kier alpha value is -0.0400. The van der Waals surface area contributed by atoms with Crippen molar-refractivity contribution in [2.24, 2.45) is 11.8 Å². The SMILES string of the molecule is CCCCC1CCC(CC)C(O)C1. The molecule has 3 atom stereocenters. The first kappa shape index (κ1) is 11.0. The van der Waals surface area contributed by atoms with Crippen LogP contribution >= 0.6 is 0 Å². The van der Waals surface area contributed by atoms with Crippen LogP contribution in [0.5, 0.6) is 0 Å². The van der Waals surface area contributed by atoms with Crippen molar-refractivity contribution in [1.29, 1.82) is 0 Å². The fourth-order valence-corrected chi connectivity index (χ4v) is 2.53. The molecule has 0 aromatic rings. The molecule has 0 aromatic carbocycles. The topological polar surface area (TPSA) is 20.2 Å². The average Bonchev–Trinajstić information content (AvgIpc) is 2.15. The average molecular weight is 184 g/mol. The van der Waals surface area contributed by atoms with E-state index >= 15 is 0 Å². The molecule has 0 amide bonds. The molecule has 0 aliphatic heterocycles. The van der Waals surface area contributed by atoms with E-state index in [1.165, 1.54) is 32.1 Å². The maximum absolute atomic E-state index is 9.84. The molecule has 0 saturated heterocycles. The zero-order chi connectivity index (χ0) is 9.68. The second kappa shape index (κ2) is 5.64. The van der Waals surface area contributed by atoms with Gasteiger partial charge in [0.15, 0.2) is 0 Å². The Morgan fingerprint density at radius 3 is 2.54 bits per heavy atom. The molecule has 1 rings (SSSR count). The van der Waals surface area contributed by atoms with Gasteiger partial charge in [0, 0.05) is 0 Å². The Kier molecular flexibility index (Phi) is 4.79. The number of aliphatic hydroxyl groups is 1. The van der Waals surface area contributed by atoms with E-state index in [0.29, 0.717) is 5.92 Å². The summed E-state index contributed by atoms with van der Waals surface area (Å²) in [7, 11) is 0. The van der Waals surface area contributed by atoms with Gasteiger partial charge in [-0.15, -0.1) is 0 Å². The van der Waals surface area contributed by atoms with Crippen molar-refractivity contribution in [3.63, 3.8) is 0 Å². The highest BCUT2D eigenvalue weighted by molar-refractivity contribution is 4.78. The van der Waals surface area contributed by atoms with Crippen molar-refractivity contribution < 1.29 is 5.11 Å². The lowest BCUT2D eigenvalue weighted by molar-refractivity contribution is 0.0404. The molecule has 1 aliphatic carbocycles. The summed E-state index contributed by atoms with van der Waals surface area (Å²) < 4.78 is 0. The van der Waals surface area contributed by atoms with Crippen LogP contribution in [0.3, 0.4) is 0 Å². The lowest BCUT2D eigenvalue weighted by atomic mass is 9.77. The summed E-state index contributed by atoms with van der Waals surface area (Å²) in [4.78, 5) is 0. The summed E-state index contributed by atoms with van der Waals surface area (Å²) in [6.45, 7) is 4.44. The first-order valence-electron chi connectivity index (χ1n) is 5.96. The van der Waals surface area contributed by atoms with Gasteiger partial charge in [0.1, 0.15) is 0 Å². The van der Waals surface area contributed by atoms with Crippen LogP contribution in [0.4, 0.5) is 0 Å². The van der Waals surface area contributed by atoms with Gasteiger partial charge >= 0.3 is 0 Å². The van der Waals surface area contributed by atoms with Crippen molar-refractivity contribution in [3.05, 3.63) is 0 Å². The molecule has 0 bridgehead atoms. The highest BCUT2D eigenvalue weighted by Crippen LogP contribution is 2.33. The monoisotopic (exact) mass is 184 g/mol. The van der Waals surface area contributed by atoms with Gasteiger partial charge in [0.05, 0.1) is 6.10 Å². The third kappa shape index (κ3) is 3.30. The third-order valence-electron chi connectivity index (χ3n) is 3.55. The van der Waals surface area contributed by atoms with Gasteiger partial charge in [-0.1, -0.05) is 39.5 Å². The maximum atomic E-state index is 9.84. The predicted octanol–water partition coefficient (Wildman–Crippen LogP) is 3.36. The van der Waals surface area contributed by atoms with E-state index in [4.69, 9.17) is 0 Å². The molecule has 0 heterocycles. The van der Waals surface area contributed by atoms with Gasteiger partial charge in [-0.05, 0) is 31.1 Å². The second-order valence-corrected chi connectivity index (χ2v) is 4.56. The molecular weight excluding hydrogens is 160 g/mol. The Morgan fingerprint density at radius 2 is 2.00 bits per heavy atom. The predicted molar refractivity (Wildman–Crippen MR) is 56.7 cm³/mol. The van der Waals surface area contributed by atoms with E-state index in [-0.39, 0.29) is 6.10 Å². The van der Waals surface area contributed by atoms with Gasteiger partial charge in [0.25, 0.3) is 0 Å². The summed E-state index contributed by atoms with van der Waals surface area (Å²) in [5, 5.41) is 9.84. The first-order chi connectivity index (χ1) is 6.27. The van der Waals surface area contributed by atoms with Crippen molar-refractivity contribution >= 4 is 0 Å². The number of rotatable bonds is 4. The van der Waals surface area contributed by atoms with Crippen LogP contribution in [0.2, 0.25) is 0 Å². The van der Waals surface area contributed by atoms with Crippen LogP contribution in [-0.2, 0) is 0 Å². The molecule has 1 N–H and O–H groups in total. The van der Waals surface area contributed by atoms with Crippen molar-refractivity contribution in [2.75, 3.05) is 0 Å². The molecule has 13 heavy (non-hydrogen) atoms. The second-order valence-electron chi connectivity index (χ2n) is 4.56. The summed E-state index contributed by atoms with van der Waals surface area (Å²) in [5.41, 5.74) is 0. The van der Waals surface area contributed by atoms with Gasteiger partial charge in [0.2, 0.25) is 0 Å². The normalized spacial score (nSPS) is 34.8. The fraction of sp³-hybridized carbons (Fsp3) is 1.00. The number of aliphatic hydroxyl groups excluding tert-OH is 1. The van der Waals surface area contributed by atoms with E-state index in [0.717, 1.165) is 18.8 Å². The maximum Gasteiger partial charge on any atom is 0.0570 e. The van der Waals surface area contributed by atoms with Crippen LogP contribution in [0.15, 0.2) is 0 Å². The van der Waals surface area contributed by atoms with Gasteiger partial charge in [-0.25, -0.2) is 0 Å². The lowest BCUT2D eigenvalue weighted by Gasteiger charge is -2.32. The molecular formula is C12H24O. The minimum absolute atomic E-state index is 0.000561. The van der Waals surface area contributed by atoms with Gasteiger partial charge < -0.3 is 5.11 Å². The number of hydrogen-bond acceptors (Lipinski definition) is 1. The molecule has 78 valence electrons. The smallest absolute Gasteiger partial charge is 0.0570 e. The molecule has 0 radical (unpaired) electrons. The Balaban J connectivity index is 2.24. The van der Waals surface area contributed by atoms with Gasteiger partial charge in [-0.3, -0.25) is 0 Å². The van der Waals surface area contributed by atoms with E-state index in [9.17, 15) is 5.11 Å². The summed E-state index contributed by atoms with van der Waals surface area (Å²) >= 11 is 0. The summed E-state index contributed by atoms with van der Waals surface area (Å²) in [5.74, 6) is 1.41. The standard InChI is InChI=1S/C12H24O/c1-3-5-6-10-7-8-11(4-2)12(13)9-10/h10-13H,3-9H2,1-2H3. The van der Waals surface area contributed by atoms with E-state index in [1.54, 1.807) is 0 Å². The highest BCUT2D eigenvalue weighted by Gasteiger charge is 2.27. The molecule has 1 fully saturated rings. The first-order valence-corrected chi connectivity index (χ1v) is 5.96. The lowest BCUT2D eigenvalue weighted by Crippen LogP contribution is -2.28. The molecule has 1 saturated carbocycles. The van der Waals surface area contributed by atoms with Crippen LogP contribution in [0.25, 0.3) is 0 Å². The van der Waals surface area contributed by atoms with Crippen LogP contribution < -0.4 is 0 Å². The Morgan fingerprint density at radius 1 is 1.23 bits per heavy atom. The zero-order valence-electron chi connectivity index (χ0n) is 9.13. The van der Waals surface area contributed by atoms with Gasteiger partial charge in [-0.2, -0.15) is 0 Å². The minimum atomic E-state index is 0.000561. The Labute approximate surface area is 82.5 Å². The third-order valence-corrected chi connectivity index (χ3v) is 3.55. The number of hydrogen-bond donors (Lipinski definition) is 1. The van der Waals surface area contributed by atoms with E-state index in [2.05, 4.69) is 13.8 Å². The minimum Gasteiger partial charge on any atom is -0.393 e. The van der Waals surface area contributed by atoms with Crippen molar-refractivity contribution in [1.82, 2.24) is 0 Å². The Bertz CT molecular complexity index is 133. The van der Waals surface area contributed by atoms with Crippen molar-refractivity contribution in [3.8, 4) is 0 Å². The molecule has 0 spiro atoms. The zero-order valence-corrected chi connectivity index (χ0v) is 9.13. The van der Waals surface area contributed by atoms with E-state index in [1.807, 2.05) is 0 Å². The van der Waals surface area contributed by atoms with Crippen LogP contribution in [0.1, 0.15) is 58.8 Å². The van der Waals surface area contributed by atoms with Crippen LogP contribution in [-0.4, -0.2) is 11.2 Å². The molecule has 1 aliphatic rings. The van der Waals surface area contributed by atoms with Crippen LogP contribution in [0, 0.1) is 11.8 Å². The summed E-state index contributed by atoms with van der Waals surface area (Å²) in [6.07, 6.45) is 8.81. The molecule has 3 unspecified atom stereocenters. The summed E-state index contributed by atoms with van der Waals surface area (Å²) in [6, 6.07) is 0. The van der Waals surface area contributed by atoms with Crippen molar-refractivity contribution in [2.45, 2.75) is 64.9 Å².